The molecule has 0 spiro atoms. The van der Waals surface area contributed by atoms with Crippen LogP contribution in [-0.4, -0.2) is 19.4 Å². The van der Waals surface area contributed by atoms with Gasteiger partial charge in [0.2, 0.25) is 0 Å². The Morgan fingerprint density at radius 2 is 1.46 bits per heavy atom. The lowest BCUT2D eigenvalue weighted by atomic mass is 9.97. The number of imidazole rings is 1. The minimum absolute atomic E-state index is 0.881. The molecule has 7 aromatic rings. The second kappa shape index (κ2) is 6.10. The lowest BCUT2D eigenvalue weighted by molar-refractivity contribution is 1.22. The van der Waals surface area contributed by atoms with Crippen molar-refractivity contribution in [2.24, 2.45) is 0 Å². The Hall–Kier alpha value is -4.57. The SMILES string of the molecule is c1ccc2c(c1)Cc1cc3c(cc1-2)Cc1c-3ccc2c3ncccc3n3c4ncccc4nc3c12. The first-order chi connectivity index (χ1) is 17.3. The average Bonchev–Trinajstić information content (AvgIpc) is 3.58. The minimum Gasteiger partial charge on any atom is -0.274 e. The number of hydrogen-bond donors (Lipinski definition) is 0. The van der Waals surface area contributed by atoms with Crippen molar-refractivity contribution in [2.45, 2.75) is 12.8 Å². The van der Waals surface area contributed by atoms with Crippen molar-refractivity contribution in [3.63, 3.8) is 0 Å². The summed E-state index contributed by atoms with van der Waals surface area (Å²) >= 11 is 0. The number of pyridine rings is 3. The van der Waals surface area contributed by atoms with Crippen LogP contribution in [0, 0.1) is 0 Å². The highest BCUT2D eigenvalue weighted by Crippen LogP contribution is 2.47. The van der Waals surface area contributed by atoms with Gasteiger partial charge in [-0.2, -0.15) is 0 Å². The van der Waals surface area contributed by atoms with Gasteiger partial charge in [-0.1, -0.05) is 36.4 Å². The van der Waals surface area contributed by atoms with Crippen LogP contribution in [-0.2, 0) is 12.8 Å². The van der Waals surface area contributed by atoms with Gasteiger partial charge in [-0.3, -0.25) is 9.38 Å². The smallest absolute Gasteiger partial charge is 0.165 e. The number of rotatable bonds is 0. The summed E-state index contributed by atoms with van der Waals surface area (Å²) < 4.78 is 2.19. The molecule has 4 heterocycles. The number of hydrogen-bond acceptors (Lipinski definition) is 3. The van der Waals surface area contributed by atoms with Gasteiger partial charge < -0.3 is 0 Å². The zero-order valence-corrected chi connectivity index (χ0v) is 18.8. The molecule has 35 heavy (non-hydrogen) atoms. The maximum absolute atomic E-state index is 5.10. The molecule has 0 amide bonds. The van der Waals surface area contributed by atoms with E-state index in [2.05, 4.69) is 59.0 Å². The molecule has 4 aromatic heterocycles. The monoisotopic (exact) mass is 446 g/mol. The maximum Gasteiger partial charge on any atom is 0.165 e. The first kappa shape index (κ1) is 17.8. The fraction of sp³-hybridized carbons (Fsp3) is 0.0645. The van der Waals surface area contributed by atoms with Crippen LogP contribution in [0.1, 0.15) is 22.3 Å². The molecule has 162 valence electrons. The summed E-state index contributed by atoms with van der Waals surface area (Å²) in [4.78, 5) is 14.6. The predicted molar refractivity (Wildman–Crippen MR) is 140 cm³/mol. The van der Waals surface area contributed by atoms with Gasteiger partial charge in [-0.05, 0) is 93.7 Å². The van der Waals surface area contributed by atoms with Gasteiger partial charge in [0.25, 0.3) is 0 Å². The fourth-order valence-corrected chi connectivity index (χ4v) is 6.45. The second-order valence-corrected chi connectivity index (χ2v) is 9.68. The van der Waals surface area contributed by atoms with Gasteiger partial charge in [0.1, 0.15) is 11.2 Å². The van der Waals surface area contributed by atoms with E-state index in [1.165, 1.54) is 49.9 Å². The summed E-state index contributed by atoms with van der Waals surface area (Å²) in [6, 6.07) is 26.3. The van der Waals surface area contributed by atoms with Crippen molar-refractivity contribution in [2.75, 3.05) is 0 Å². The van der Waals surface area contributed by atoms with E-state index in [-0.39, 0.29) is 0 Å². The van der Waals surface area contributed by atoms with E-state index in [1.807, 2.05) is 30.6 Å². The Kier molecular flexibility index (Phi) is 3.11. The highest BCUT2D eigenvalue weighted by atomic mass is 15.1. The van der Waals surface area contributed by atoms with Gasteiger partial charge in [0, 0.05) is 23.2 Å². The molecule has 0 aliphatic heterocycles. The standard InChI is InChI=1S/C31H18N4/c1-2-6-20-17(5-1)13-18-14-24-19(15-23(18)20)16-25-21(24)9-10-22-28(25)31-34-26-7-3-12-33-30(26)35(31)27-8-4-11-32-29(22)27/h1-12,14-15H,13,16H2. The van der Waals surface area contributed by atoms with Gasteiger partial charge in [0.15, 0.2) is 5.65 Å². The first-order valence-electron chi connectivity index (χ1n) is 12.0. The molecular weight excluding hydrogens is 428 g/mol. The molecular formula is C31H18N4. The molecule has 0 atom stereocenters. The number of aromatic nitrogens is 4. The fourth-order valence-electron chi connectivity index (χ4n) is 6.45. The molecule has 2 aliphatic carbocycles. The molecule has 0 bridgehead atoms. The maximum atomic E-state index is 5.10. The van der Waals surface area contributed by atoms with E-state index < -0.39 is 0 Å². The topological polar surface area (TPSA) is 43.1 Å². The molecule has 4 heteroatoms. The van der Waals surface area contributed by atoms with E-state index in [0.29, 0.717) is 0 Å². The first-order valence-corrected chi connectivity index (χ1v) is 12.0. The Morgan fingerprint density at radius 1 is 0.629 bits per heavy atom. The summed E-state index contributed by atoms with van der Waals surface area (Å²) in [5.41, 5.74) is 15.9. The normalized spacial score (nSPS) is 13.5. The van der Waals surface area contributed by atoms with E-state index >= 15 is 0 Å². The number of fused-ring (bicyclic) bond motifs is 15. The molecule has 9 rings (SSSR count). The van der Waals surface area contributed by atoms with E-state index in [1.54, 1.807) is 0 Å². The minimum atomic E-state index is 0.881. The second-order valence-electron chi connectivity index (χ2n) is 9.68. The van der Waals surface area contributed by atoms with E-state index in [4.69, 9.17) is 15.0 Å². The van der Waals surface area contributed by atoms with Crippen LogP contribution in [0.25, 0.3) is 60.9 Å². The van der Waals surface area contributed by atoms with Crippen LogP contribution in [0.3, 0.4) is 0 Å². The van der Waals surface area contributed by atoms with E-state index in [0.717, 1.165) is 46.1 Å². The van der Waals surface area contributed by atoms with Crippen molar-refractivity contribution < 1.29 is 0 Å². The summed E-state index contributed by atoms with van der Waals surface area (Å²) in [6.45, 7) is 0. The molecule has 0 radical (unpaired) electrons. The molecule has 0 saturated carbocycles. The molecule has 0 N–H and O–H groups in total. The van der Waals surface area contributed by atoms with Crippen LogP contribution >= 0.6 is 0 Å². The van der Waals surface area contributed by atoms with Gasteiger partial charge >= 0.3 is 0 Å². The zero-order valence-electron chi connectivity index (χ0n) is 18.8. The van der Waals surface area contributed by atoms with Crippen molar-refractivity contribution in [1.82, 2.24) is 19.4 Å². The van der Waals surface area contributed by atoms with Crippen LogP contribution in [0.5, 0.6) is 0 Å². The number of nitrogens with zero attached hydrogens (tertiary/aromatic N) is 4. The molecule has 0 fully saturated rings. The highest BCUT2D eigenvalue weighted by Gasteiger charge is 2.28. The Labute approximate surface area is 200 Å². The van der Waals surface area contributed by atoms with Gasteiger partial charge in [0.05, 0.1) is 11.0 Å². The third-order valence-electron chi connectivity index (χ3n) is 7.91. The largest absolute Gasteiger partial charge is 0.274 e. The highest BCUT2D eigenvalue weighted by molar-refractivity contribution is 6.15. The average molecular weight is 447 g/mol. The lowest BCUT2D eigenvalue weighted by Gasteiger charge is -2.11. The molecule has 0 unspecified atom stereocenters. The van der Waals surface area contributed by atoms with Crippen LogP contribution in [0.15, 0.2) is 85.2 Å². The third-order valence-corrected chi connectivity index (χ3v) is 7.91. The van der Waals surface area contributed by atoms with Crippen molar-refractivity contribution in [1.29, 1.82) is 0 Å². The summed E-state index contributed by atoms with van der Waals surface area (Å²) in [6.07, 6.45) is 5.64. The summed E-state index contributed by atoms with van der Waals surface area (Å²) in [5.74, 6) is 0. The van der Waals surface area contributed by atoms with Crippen LogP contribution in [0.4, 0.5) is 0 Å². The third kappa shape index (κ3) is 2.15. The molecule has 3 aromatic carbocycles. The van der Waals surface area contributed by atoms with Gasteiger partial charge in [-0.25, -0.2) is 9.97 Å². The number of benzene rings is 3. The zero-order chi connectivity index (χ0) is 22.7. The van der Waals surface area contributed by atoms with E-state index in [9.17, 15) is 0 Å². The Morgan fingerprint density at radius 3 is 2.43 bits per heavy atom. The predicted octanol–water partition coefficient (Wildman–Crippen LogP) is 6.73. The Balaban J connectivity index is 1.40. The lowest BCUT2D eigenvalue weighted by Crippen LogP contribution is -1.96. The Bertz CT molecular complexity index is 2070. The van der Waals surface area contributed by atoms with Crippen molar-refractivity contribution in [3.8, 4) is 22.3 Å². The van der Waals surface area contributed by atoms with Crippen LogP contribution in [0.2, 0.25) is 0 Å². The molecule has 2 aliphatic rings. The summed E-state index contributed by atoms with van der Waals surface area (Å²) in [7, 11) is 0. The van der Waals surface area contributed by atoms with Crippen molar-refractivity contribution in [3.05, 3.63) is 107 Å². The quantitative estimate of drug-likeness (QED) is 0.243. The molecule has 0 saturated heterocycles. The van der Waals surface area contributed by atoms with Crippen LogP contribution < -0.4 is 0 Å². The summed E-state index contributed by atoms with van der Waals surface area (Å²) in [5, 5.41) is 2.36. The molecule has 4 nitrogen and oxygen atoms in total. The van der Waals surface area contributed by atoms with Gasteiger partial charge in [-0.15, -0.1) is 0 Å². The van der Waals surface area contributed by atoms with Crippen molar-refractivity contribution >= 4 is 38.6 Å².